The van der Waals surface area contributed by atoms with E-state index in [-0.39, 0.29) is 5.73 Å². The highest BCUT2D eigenvalue weighted by atomic mass is 32.1. The Morgan fingerprint density at radius 2 is 2.67 bits per heavy atom. The molecule has 0 saturated carbocycles. The van der Waals surface area contributed by atoms with Crippen LogP contribution in [0.4, 0.5) is 0 Å². The summed E-state index contributed by atoms with van der Waals surface area (Å²) >= 11 is 3.76. The maximum atomic E-state index is 6.80. The van der Waals surface area contributed by atoms with Crippen LogP contribution in [0, 0.1) is 6.57 Å². The van der Waals surface area contributed by atoms with Crippen molar-refractivity contribution >= 4 is 12.6 Å². The highest BCUT2D eigenvalue weighted by molar-refractivity contribution is 7.80. The second kappa shape index (κ2) is 4.84. The highest BCUT2D eigenvalue weighted by Crippen LogP contribution is 1.81. The Hall–Kier alpha value is -0.160. The minimum absolute atomic E-state index is 0.367. The summed E-state index contributed by atoms with van der Waals surface area (Å²) in [6.07, 6.45) is 0.576. The van der Waals surface area contributed by atoms with Gasteiger partial charge in [-0.05, 0) is 5.73 Å². The number of rotatable bonds is 2. The third-order valence-corrected chi connectivity index (χ3v) is 0.628. The average molecular weight is 103 g/mol. The quantitative estimate of drug-likeness (QED) is 0.396. The Morgan fingerprint density at radius 3 is 2.83 bits per heavy atom. The number of hydrogen-bond acceptors (Lipinski definition) is 1. The molecule has 0 bridgehead atoms. The van der Waals surface area contributed by atoms with Crippen LogP contribution in [0.5, 0.6) is 0 Å². The fourth-order valence-electron chi connectivity index (χ4n) is 0.122. The molecule has 0 aromatic rings. The summed E-state index contributed by atoms with van der Waals surface area (Å²) in [5, 5.41) is 0. The van der Waals surface area contributed by atoms with E-state index in [0.717, 1.165) is 0 Å². The molecule has 0 heterocycles. The van der Waals surface area contributed by atoms with Gasteiger partial charge in [-0.15, -0.1) is 0 Å². The van der Waals surface area contributed by atoms with Crippen molar-refractivity contribution in [1.82, 2.24) is 0 Å². The normalized spacial score (nSPS) is 15.0. The largest absolute Gasteiger partial charge is 0.317 e. The van der Waals surface area contributed by atoms with E-state index < -0.39 is 0 Å². The van der Waals surface area contributed by atoms with Gasteiger partial charge in [0.25, 0.3) is 0 Å². The molecule has 6 heavy (non-hydrogen) atoms. The van der Waals surface area contributed by atoms with Crippen molar-refractivity contribution in [3.63, 3.8) is 0 Å². The van der Waals surface area contributed by atoms with Crippen molar-refractivity contribution in [1.29, 1.82) is 0 Å². The van der Waals surface area contributed by atoms with Crippen LogP contribution in [0.15, 0.2) is 0 Å². The molecule has 0 radical (unpaired) electrons. The third-order valence-electron chi connectivity index (χ3n) is 0.370. The lowest BCUT2D eigenvalue weighted by molar-refractivity contribution is 1.05. The van der Waals surface area contributed by atoms with E-state index in [9.17, 15) is 0 Å². The molecule has 0 spiro atoms. The van der Waals surface area contributed by atoms with Gasteiger partial charge in [0, 0.05) is 7.79 Å². The monoisotopic (exact) mass is 103 g/mol. The lowest BCUT2D eigenvalue weighted by Gasteiger charge is -1.75. The first-order chi connectivity index (χ1) is 3.27. The van der Waals surface area contributed by atoms with E-state index in [1.807, 2.05) is 0 Å². The van der Waals surface area contributed by atoms with E-state index in [1.165, 1.54) is 0 Å². The van der Waals surface area contributed by atoms with Crippen LogP contribution >= 0.6 is 12.6 Å². The second-order valence-corrected chi connectivity index (χ2v) is 1.22. The smallest absolute Gasteiger partial charge is 0.215 e. The number of nitrogens with zero attached hydrogens (tertiary/aromatic N) is 1. The predicted octanol–water partition coefficient (Wildman–Crippen LogP) is 1.23. The molecule has 0 aliphatic heterocycles. The van der Waals surface area contributed by atoms with Gasteiger partial charge in [0.05, 0.1) is 0 Å². The van der Waals surface area contributed by atoms with Gasteiger partial charge in [0.15, 0.2) is 0 Å². The zero-order valence-electron chi connectivity index (χ0n) is 4.39. The molecule has 2 heteroatoms. The Labute approximate surface area is 45.0 Å². The van der Waals surface area contributed by atoms with Gasteiger partial charge in [0.2, 0.25) is 6.54 Å². The zero-order chi connectivity index (χ0) is 5.70. The SMILES string of the molecule is [3H]C(S)CC[N+]#[C-]. The van der Waals surface area contributed by atoms with E-state index in [0.29, 0.717) is 13.0 Å². The van der Waals surface area contributed by atoms with Crippen molar-refractivity contribution in [3.05, 3.63) is 11.4 Å². The molecule has 0 aliphatic carbocycles. The van der Waals surface area contributed by atoms with Gasteiger partial charge in [-0.2, -0.15) is 12.6 Å². The minimum Gasteiger partial charge on any atom is -0.317 e. The highest BCUT2D eigenvalue weighted by Gasteiger charge is 1.78. The summed E-state index contributed by atoms with van der Waals surface area (Å²) in [6.45, 7) is 6.73. The lowest BCUT2D eigenvalue weighted by atomic mass is 10.5. The Morgan fingerprint density at radius 1 is 2.00 bits per heavy atom. The van der Waals surface area contributed by atoms with Crippen molar-refractivity contribution in [2.24, 2.45) is 0 Å². The van der Waals surface area contributed by atoms with Crippen LogP contribution in [-0.4, -0.2) is 12.3 Å². The van der Waals surface area contributed by atoms with Crippen LogP contribution in [0.3, 0.4) is 0 Å². The first-order valence-electron chi connectivity index (χ1n) is 2.28. The average Bonchev–Trinajstić information content (AvgIpc) is 1.61. The molecular weight excluding hydrogens is 94.1 g/mol. The van der Waals surface area contributed by atoms with E-state index in [2.05, 4.69) is 17.5 Å². The number of hydrogen-bond donors (Lipinski definition) is 1. The van der Waals surface area contributed by atoms with E-state index in [4.69, 9.17) is 7.94 Å². The van der Waals surface area contributed by atoms with Crippen molar-refractivity contribution in [2.45, 2.75) is 6.42 Å². The Balaban J connectivity index is 2.86. The van der Waals surface area contributed by atoms with Gasteiger partial charge in [-0.3, -0.25) is 0 Å². The molecule has 34 valence electrons. The maximum Gasteiger partial charge on any atom is 0.215 e. The predicted molar refractivity (Wildman–Crippen MR) is 29.9 cm³/mol. The van der Waals surface area contributed by atoms with Crippen LogP contribution in [0.25, 0.3) is 4.85 Å². The summed E-state index contributed by atoms with van der Waals surface area (Å²) in [5.41, 5.74) is -0.367. The molecule has 0 amide bonds. The molecule has 1 atom stereocenters. The van der Waals surface area contributed by atoms with Gasteiger partial charge < -0.3 is 4.85 Å². The van der Waals surface area contributed by atoms with E-state index >= 15 is 0 Å². The molecular formula is C4H7NS. The zero-order valence-corrected chi connectivity index (χ0v) is 4.28. The molecule has 0 aromatic heterocycles. The summed E-state index contributed by atoms with van der Waals surface area (Å²) in [6, 6.07) is 0. The lowest BCUT2D eigenvalue weighted by Crippen LogP contribution is -1.74. The van der Waals surface area contributed by atoms with Gasteiger partial charge >= 0.3 is 0 Å². The summed E-state index contributed by atoms with van der Waals surface area (Å²) < 4.78 is 6.80. The van der Waals surface area contributed by atoms with Gasteiger partial charge in [-0.1, -0.05) is 0 Å². The minimum atomic E-state index is -0.367. The van der Waals surface area contributed by atoms with Crippen molar-refractivity contribution < 1.29 is 1.37 Å². The fourth-order valence-corrected chi connectivity index (χ4v) is 0.238. The Kier molecular flexibility index (Phi) is 3.24. The summed E-state index contributed by atoms with van der Waals surface area (Å²) in [7, 11) is 0. The molecule has 0 aliphatic rings. The Bertz CT molecular complexity index is 76.2. The maximum absolute atomic E-state index is 6.80. The van der Waals surface area contributed by atoms with Crippen molar-refractivity contribution in [3.8, 4) is 0 Å². The molecule has 0 N–H and O–H groups in total. The van der Waals surface area contributed by atoms with Crippen LogP contribution in [0.2, 0.25) is 0 Å². The molecule has 1 unspecified atom stereocenters. The fraction of sp³-hybridized carbons (Fsp3) is 0.750. The second-order valence-electron chi connectivity index (χ2n) is 0.853. The molecule has 0 saturated heterocycles. The molecule has 0 aromatic carbocycles. The molecule has 0 fully saturated rings. The van der Waals surface area contributed by atoms with E-state index in [1.54, 1.807) is 0 Å². The van der Waals surface area contributed by atoms with Crippen LogP contribution < -0.4 is 0 Å². The van der Waals surface area contributed by atoms with Gasteiger partial charge in [-0.25, -0.2) is 6.57 Å². The number of thiol groups is 1. The molecule has 1 nitrogen and oxygen atoms in total. The van der Waals surface area contributed by atoms with Crippen LogP contribution in [0.1, 0.15) is 7.79 Å². The first kappa shape index (κ1) is 4.01. The van der Waals surface area contributed by atoms with Gasteiger partial charge in [0.1, 0.15) is 0 Å². The first-order valence-corrected chi connectivity index (χ1v) is 2.22. The molecule has 0 rings (SSSR count). The standard InChI is InChI=1S/C4H7NS/c1-5-3-2-4-6/h6H,2-4H2/i4T. The third kappa shape index (κ3) is 3.84. The van der Waals surface area contributed by atoms with Crippen molar-refractivity contribution in [2.75, 3.05) is 12.3 Å². The van der Waals surface area contributed by atoms with Crippen LogP contribution in [-0.2, 0) is 0 Å². The topological polar surface area (TPSA) is 4.36 Å². The summed E-state index contributed by atoms with van der Waals surface area (Å²) in [4.78, 5) is 3.06. The summed E-state index contributed by atoms with van der Waals surface area (Å²) in [5.74, 6) is 0.